The monoisotopic (exact) mass is 307 g/mol. The van der Waals surface area contributed by atoms with Crippen LogP contribution in [0.2, 0.25) is 0 Å². The molecule has 2 heteroatoms. The third-order valence-corrected chi connectivity index (χ3v) is 5.24. The Morgan fingerprint density at radius 2 is 1.48 bits per heavy atom. The minimum atomic E-state index is 0.0410. The van der Waals surface area contributed by atoms with Crippen LogP contribution >= 0.6 is 0 Å². The largest absolute Gasteiger partial charge is 0.365 e. The van der Waals surface area contributed by atoms with Crippen LogP contribution in [-0.4, -0.2) is 18.2 Å². The van der Waals surface area contributed by atoms with E-state index in [1.165, 1.54) is 29.5 Å². The Balaban J connectivity index is 1.59. The Morgan fingerprint density at radius 3 is 2.13 bits per heavy atom. The summed E-state index contributed by atoms with van der Waals surface area (Å²) in [4.78, 5) is 0. The van der Waals surface area contributed by atoms with Crippen LogP contribution in [0.25, 0.3) is 0 Å². The van der Waals surface area contributed by atoms with Gasteiger partial charge >= 0.3 is 0 Å². The molecule has 2 aliphatic rings. The van der Waals surface area contributed by atoms with Gasteiger partial charge in [0.25, 0.3) is 0 Å². The molecule has 23 heavy (non-hydrogen) atoms. The summed E-state index contributed by atoms with van der Waals surface area (Å²) in [5.74, 6) is 0. The van der Waals surface area contributed by atoms with Crippen molar-refractivity contribution in [3.63, 3.8) is 0 Å². The maximum atomic E-state index is 6.64. The number of benzene rings is 2. The van der Waals surface area contributed by atoms with Gasteiger partial charge in [0.1, 0.15) is 6.10 Å². The summed E-state index contributed by atoms with van der Waals surface area (Å²) in [7, 11) is 0. The van der Waals surface area contributed by atoms with Gasteiger partial charge < -0.3 is 10.1 Å². The fraction of sp³-hybridized carbons (Fsp3) is 0.429. The molecule has 120 valence electrons. The topological polar surface area (TPSA) is 21.3 Å². The first-order chi connectivity index (χ1) is 11.3. The predicted octanol–water partition coefficient (Wildman–Crippen LogP) is 4.38. The number of aryl methyl sites for hydroxylation is 1. The zero-order valence-electron chi connectivity index (χ0n) is 13.7. The molecule has 0 radical (unpaired) electrons. The molecule has 0 aliphatic carbocycles. The Morgan fingerprint density at radius 1 is 0.870 bits per heavy atom. The van der Waals surface area contributed by atoms with E-state index in [0.717, 1.165) is 12.8 Å². The number of fused-ring (bicyclic) bond motifs is 2. The summed E-state index contributed by atoms with van der Waals surface area (Å²) in [6.45, 7) is 2.13. The third kappa shape index (κ3) is 3.34. The molecule has 2 nitrogen and oxygen atoms in total. The first kappa shape index (κ1) is 14.9. The van der Waals surface area contributed by atoms with E-state index in [0.29, 0.717) is 18.2 Å². The Bertz CT molecular complexity index is 625. The van der Waals surface area contributed by atoms with Gasteiger partial charge in [0.15, 0.2) is 0 Å². The zero-order valence-corrected chi connectivity index (χ0v) is 13.7. The molecule has 4 rings (SSSR count). The van der Waals surface area contributed by atoms with E-state index in [4.69, 9.17) is 4.74 Å². The molecule has 2 bridgehead atoms. The maximum Gasteiger partial charge on any atom is 0.108 e. The summed E-state index contributed by atoms with van der Waals surface area (Å²) in [5, 5.41) is 3.70. The van der Waals surface area contributed by atoms with Crippen LogP contribution < -0.4 is 5.32 Å². The van der Waals surface area contributed by atoms with E-state index in [9.17, 15) is 0 Å². The molecule has 0 spiro atoms. The van der Waals surface area contributed by atoms with Crippen molar-refractivity contribution in [1.29, 1.82) is 0 Å². The fourth-order valence-corrected chi connectivity index (χ4v) is 4.03. The van der Waals surface area contributed by atoms with Gasteiger partial charge in [-0.25, -0.2) is 0 Å². The van der Waals surface area contributed by atoms with Crippen molar-refractivity contribution in [2.24, 2.45) is 0 Å². The van der Waals surface area contributed by atoms with Crippen LogP contribution in [0.3, 0.4) is 0 Å². The highest BCUT2D eigenvalue weighted by Crippen LogP contribution is 2.34. The first-order valence-corrected chi connectivity index (χ1v) is 8.81. The molecule has 2 aromatic carbocycles. The number of nitrogens with one attached hydrogen (secondary N) is 1. The SMILES string of the molecule is Cc1ccc(C(OC2C[C@H]3CC[C@@H](C2)N3)c2ccccc2)cc1. The second-order valence-electron chi connectivity index (χ2n) is 7.07. The lowest BCUT2D eigenvalue weighted by Gasteiger charge is -2.32. The molecule has 2 aromatic rings. The highest BCUT2D eigenvalue weighted by molar-refractivity contribution is 5.32. The van der Waals surface area contributed by atoms with Gasteiger partial charge in [-0.2, -0.15) is 0 Å². The number of piperidine rings is 1. The van der Waals surface area contributed by atoms with Crippen molar-refractivity contribution in [3.05, 3.63) is 71.3 Å². The van der Waals surface area contributed by atoms with Crippen molar-refractivity contribution in [3.8, 4) is 0 Å². The highest BCUT2D eigenvalue weighted by Gasteiger charge is 2.35. The lowest BCUT2D eigenvalue weighted by Crippen LogP contribution is -2.41. The summed E-state index contributed by atoms with van der Waals surface area (Å²) in [6, 6.07) is 20.7. The van der Waals surface area contributed by atoms with E-state index in [1.807, 2.05) is 0 Å². The molecule has 2 aliphatic heterocycles. The summed E-state index contributed by atoms with van der Waals surface area (Å²) in [6.07, 6.45) is 5.31. The van der Waals surface area contributed by atoms with Crippen LogP contribution in [0.1, 0.15) is 48.5 Å². The summed E-state index contributed by atoms with van der Waals surface area (Å²) >= 11 is 0. The van der Waals surface area contributed by atoms with E-state index >= 15 is 0 Å². The van der Waals surface area contributed by atoms with Crippen molar-refractivity contribution in [2.45, 2.75) is 56.9 Å². The van der Waals surface area contributed by atoms with Crippen LogP contribution in [0, 0.1) is 6.92 Å². The molecule has 1 N–H and O–H groups in total. The first-order valence-electron chi connectivity index (χ1n) is 8.81. The zero-order chi connectivity index (χ0) is 15.6. The summed E-state index contributed by atoms with van der Waals surface area (Å²) < 4.78 is 6.64. The number of rotatable bonds is 4. The molecule has 0 amide bonds. The van der Waals surface area contributed by atoms with Crippen LogP contribution in [0.5, 0.6) is 0 Å². The minimum absolute atomic E-state index is 0.0410. The Labute approximate surface area is 138 Å². The molecule has 2 unspecified atom stereocenters. The third-order valence-electron chi connectivity index (χ3n) is 5.24. The van der Waals surface area contributed by atoms with Crippen molar-refractivity contribution >= 4 is 0 Å². The van der Waals surface area contributed by atoms with Crippen molar-refractivity contribution < 1.29 is 4.74 Å². The second kappa shape index (κ2) is 6.46. The highest BCUT2D eigenvalue weighted by atomic mass is 16.5. The van der Waals surface area contributed by atoms with Crippen LogP contribution in [0.15, 0.2) is 54.6 Å². The van der Waals surface area contributed by atoms with Gasteiger partial charge in [-0.3, -0.25) is 0 Å². The number of ether oxygens (including phenoxy) is 1. The Hall–Kier alpha value is -1.64. The van der Waals surface area contributed by atoms with Crippen molar-refractivity contribution in [2.75, 3.05) is 0 Å². The molecular weight excluding hydrogens is 282 g/mol. The lowest BCUT2D eigenvalue weighted by molar-refractivity contribution is -0.0181. The van der Waals surface area contributed by atoms with Gasteiger partial charge in [0.2, 0.25) is 0 Å². The van der Waals surface area contributed by atoms with Gasteiger partial charge in [0, 0.05) is 12.1 Å². The minimum Gasteiger partial charge on any atom is -0.365 e. The number of hydrogen-bond donors (Lipinski definition) is 1. The molecule has 0 aromatic heterocycles. The van der Waals surface area contributed by atoms with Crippen LogP contribution in [0.4, 0.5) is 0 Å². The van der Waals surface area contributed by atoms with Gasteiger partial charge in [-0.05, 0) is 43.7 Å². The van der Waals surface area contributed by atoms with Crippen molar-refractivity contribution in [1.82, 2.24) is 5.32 Å². The van der Waals surface area contributed by atoms with Gasteiger partial charge in [0.05, 0.1) is 6.10 Å². The van der Waals surface area contributed by atoms with E-state index in [-0.39, 0.29) is 6.10 Å². The van der Waals surface area contributed by atoms with E-state index in [1.54, 1.807) is 0 Å². The molecule has 2 fully saturated rings. The standard InChI is InChI=1S/C21H25NO/c1-15-7-9-17(10-8-15)21(16-5-3-2-4-6-16)23-20-13-18-11-12-19(14-20)22-18/h2-10,18-22H,11-14H2,1H3/t18-,19+,20?,21?. The molecule has 2 saturated heterocycles. The second-order valence-corrected chi connectivity index (χ2v) is 7.07. The molecule has 4 atom stereocenters. The smallest absolute Gasteiger partial charge is 0.108 e. The molecule has 2 heterocycles. The predicted molar refractivity (Wildman–Crippen MR) is 93.5 cm³/mol. The normalized spacial score (nSPS) is 27.8. The fourth-order valence-electron chi connectivity index (χ4n) is 4.03. The number of hydrogen-bond acceptors (Lipinski definition) is 2. The maximum absolute atomic E-state index is 6.64. The van der Waals surface area contributed by atoms with Gasteiger partial charge in [-0.1, -0.05) is 60.2 Å². The molecular formula is C21H25NO. The Kier molecular flexibility index (Phi) is 4.19. The van der Waals surface area contributed by atoms with E-state index in [2.05, 4.69) is 66.8 Å². The lowest BCUT2D eigenvalue weighted by atomic mass is 9.98. The summed E-state index contributed by atoms with van der Waals surface area (Å²) in [5.41, 5.74) is 3.80. The van der Waals surface area contributed by atoms with Crippen LogP contribution in [-0.2, 0) is 4.74 Å². The van der Waals surface area contributed by atoms with Gasteiger partial charge in [-0.15, -0.1) is 0 Å². The molecule has 0 saturated carbocycles. The quantitative estimate of drug-likeness (QED) is 0.905. The average Bonchev–Trinajstić information content (AvgIpc) is 2.93. The average molecular weight is 307 g/mol. The van der Waals surface area contributed by atoms with E-state index < -0.39 is 0 Å².